The van der Waals surface area contributed by atoms with Crippen LogP contribution in [0.2, 0.25) is 0 Å². The van der Waals surface area contributed by atoms with Crippen LogP contribution in [0.4, 0.5) is 4.39 Å². The minimum absolute atomic E-state index is 0.170. The van der Waals surface area contributed by atoms with Crippen molar-refractivity contribution >= 4 is 9.84 Å². The molecule has 0 spiro atoms. The predicted molar refractivity (Wildman–Crippen MR) is 146 cm³/mol. The average molecular weight is 562 g/mol. The number of sulfone groups is 1. The van der Waals surface area contributed by atoms with Crippen molar-refractivity contribution in [1.29, 1.82) is 5.26 Å². The van der Waals surface area contributed by atoms with Gasteiger partial charge in [-0.2, -0.15) is 14.6 Å². The Morgan fingerprint density at radius 2 is 1.77 bits per heavy atom. The molecule has 0 aliphatic rings. The second-order valence-electron chi connectivity index (χ2n) is 9.31. The fourth-order valence-electron chi connectivity index (χ4n) is 4.45. The van der Waals surface area contributed by atoms with Crippen LogP contribution in [-0.4, -0.2) is 33.0 Å². The first kappa shape index (κ1) is 28.6. The molecule has 0 atom stereocenters. The molecule has 0 aliphatic carbocycles. The summed E-state index contributed by atoms with van der Waals surface area (Å²) in [5, 5.41) is 19.7. The number of hydrogen-bond acceptors (Lipinski definition) is 8. The smallest absolute Gasteiger partial charge is 0.276 e. The van der Waals surface area contributed by atoms with Crippen LogP contribution in [0.1, 0.15) is 48.8 Å². The molecule has 0 amide bonds. The van der Waals surface area contributed by atoms with Crippen LogP contribution >= 0.6 is 0 Å². The Morgan fingerprint density at radius 1 is 1.05 bits per heavy atom. The fraction of sp³-hybridized carbons (Fsp3) is 0.276. The Hall–Kier alpha value is -4.43. The van der Waals surface area contributed by atoms with Crippen molar-refractivity contribution in [2.45, 2.75) is 62.3 Å². The van der Waals surface area contributed by atoms with Gasteiger partial charge in [0.05, 0.1) is 4.90 Å². The van der Waals surface area contributed by atoms with Gasteiger partial charge in [0.2, 0.25) is 21.7 Å². The maximum atomic E-state index is 13.9. The first-order valence-electron chi connectivity index (χ1n) is 12.8. The Kier molecular flexibility index (Phi) is 8.70. The summed E-state index contributed by atoms with van der Waals surface area (Å²) in [4.78, 5) is 24.3. The summed E-state index contributed by atoms with van der Waals surface area (Å²) in [5.41, 5.74) is 1.75. The minimum Gasteiger partial charge on any atom is -0.492 e. The van der Waals surface area contributed by atoms with Gasteiger partial charge < -0.3 is 5.11 Å². The third kappa shape index (κ3) is 5.92. The molecule has 9 nitrogen and oxygen atoms in total. The van der Waals surface area contributed by atoms with Crippen LogP contribution in [-0.2, 0) is 29.2 Å². The number of hydrogen-bond donors (Lipinski definition) is 1. The highest BCUT2D eigenvalue weighted by Crippen LogP contribution is 2.29. The monoisotopic (exact) mass is 561 g/mol. The van der Waals surface area contributed by atoms with E-state index in [-0.39, 0.29) is 17.1 Å². The average Bonchev–Trinajstić information content (AvgIpc) is 2.94. The fourth-order valence-corrected chi connectivity index (χ4v) is 5.80. The highest BCUT2D eigenvalue weighted by Gasteiger charge is 2.29. The van der Waals surface area contributed by atoms with Gasteiger partial charge in [-0.3, -0.25) is 9.36 Å². The molecule has 4 aromatic rings. The van der Waals surface area contributed by atoms with Gasteiger partial charge in [0.1, 0.15) is 17.6 Å². The summed E-state index contributed by atoms with van der Waals surface area (Å²) in [6, 6.07) is 12.7. The lowest BCUT2D eigenvalue weighted by Gasteiger charge is -2.15. The van der Waals surface area contributed by atoms with E-state index in [0.29, 0.717) is 48.2 Å². The van der Waals surface area contributed by atoms with Gasteiger partial charge in [0.15, 0.2) is 4.90 Å². The molecule has 0 saturated carbocycles. The van der Waals surface area contributed by atoms with E-state index in [0.717, 1.165) is 12.0 Å². The van der Waals surface area contributed by atoms with Crippen LogP contribution < -0.4 is 5.56 Å². The molecule has 0 bridgehead atoms. The van der Waals surface area contributed by atoms with Crippen LogP contribution in [0.15, 0.2) is 69.4 Å². The van der Waals surface area contributed by atoms with Crippen molar-refractivity contribution in [3.63, 3.8) is 0 Å². The van der Waals surface area contributed by atoms with E-state index in [1.165, 1.54) is 41.2 Å². The third-order valence-electron chi connectivity index (χ3n) is 6.62. The molecule has 4 rings (SSSR count). The van der Waals surface area contributed by atoms with E-state index in [9.17, 15) is 22.7 Å². The van der Waals surface area contributed by atoms with E-state index in [1.54, 1.807) is 25.1 Å². The predicted octanol–water partition coefficient (Wildman–Crippen LogP) is 4.53. The van der Waals surface area contributed by atoms with Crippen LogP contribution in [0.25, 0.3) is 11.1 Å². The van der Waals surface area contributed by atoms with Gasteiger partial charge in [-0.25, -0.2) is 18.4 Å². The quantitative estimate of drug-likeness (QED) is 0.279. The number of nitrogens with zero attached hydrogens (tertiary/aromatic N) is 5. The molecule has 1 N–H and O–H groups in total. The van der Waals surface area contributed by atoms with Gasteiger partial charge in [0, 0.05) is 30.9 Å². The molecule has 0 radical (unpaired) electrons. The molecule has 0 aliphatic heterocycles. The lowest BCUT2D eigenvalue weighted by atomic mass is 10.0. The molecule has 40 heavy (non-hydrogen) atoms. The zero-order valence-electron chi connectivity index (χ0n) is 22.1. The first-order valence-corrected chi connectivity index (χ1v) is 14.3. The first-order chi connectivity index (χ1) is 19.2. The van der Waals surface area contributed by atoms with Gasteiger partial charge in [0.25, 0.3) is 5.56 Å². The van der Waals surface area contributed by atoms with E-state index < -0.39 is 32.1 Å². The van der Waals surface area contributed by atoms with E-state index in [2.05, 4.69) is 15.0 Å². The number of aromatic hydroxyl groups is 1. The maximum absolute atomic E-state index is 13.9. The number of benzene rings is 1. The Labute approximate surface area is 231 Å². The van der Waals surface area contributed by atoms with Gasteiger partial charge in [-0.05, 0) is 73.2 Å². The van der Waals surface area contributed by atoms with Crippen LogP contribution in [0.3, 0.4) is 0 Å². The number of pyridine rings is 2. The second kappa shape index (κ2) is 12.2. The van der Waals surface area contributed by atoms with Gasteiger partial charge in [-0.15, -0.1) is 0 Å². The number of rotatable bonds is 10. The normalized spacial score (nSPS) is 11.3. The van der Waals surface area contributed by atoms with E-state index >= 15 is 0 Å². The van der Waals surface area contributed by atoms with E-state index in [1.807, 2.05) is 13.0 Å². The Balaban J connectivity index is 1.69. The van der Waals surface area contributed by atoms with Crippen molar-refractivity contribution in [2.24, 2.45) is 0 Å². The van der Waals surface area contributed by atoms with Crippen LogP contribution in [0, 0.1) is 24.2 Å². The standard InChI is InChI=1S/C29H28FN5O4S/c1-3-4-7-25-34-28(36)26(29(37)35(25)16-5-6-20-12-14-32-22(17-20)18-31)40(38,39)23-10-8-21(9-11-23)24-13-15-33-27(30)19(24)2/h8-15,17,36H,3-7,16H2,1-2H3. The molecule has 0 saturated heterocycles. The number of aryl methyl sites for hydroxylation is 2. The Bertz CT molecular complexity index is 1750. The topological polar surface area (TPSA) is 139 Å². The van der Waals surface area contributed by atoms with Crippen molar-refractivity contribution in [3.05, 3.63) is 93.8 Å². The van der Waals surface area contributed by atoms with Crippen molar-refractivity contribution in [3.8, 4) is 23.1 Å². The van der Waals surface area contributed by atoms with Crippen molar-refractivity contribution < 1.29 is 17.9 Å². The SMILES string of the molecule is CCCCc1nc(O)c(S(=O)(=O)c2ccc(-c3ccnc(F)c3C)cc2)c(=O)n1CCCc1ccnc(C#N)c1. The summed E-state index contributed by atoms with van der Waals surface area (Å²) < 4.78 is 42.4. The molecule has 11 heteroatoms. The van der Waals surface area contributed by atoms with Gasteiger partial charge >= 0.3 is 0 Å². The Morgan fingerprint density at radius 3 is 2.48 bits per heavy atom. The molecular formula is C29H28FN5O4S. The third-order valence-corrected chi connectivity index (χ3v) is 8.40. The summed E-state index contributed by atoms with van der Waals surface area (Å²) in [6.07, 6.45) is 5.77. The number of halogens is 1. The molecule has 3 aromatic heterocycles. The number of unbranched alkanes of at least 4 members (excludes halogenated alkanes) is 1. The molecule has 0 fully saturated rings. The van der Waals surface area contributed by atoms with Crippen molar-refractivity contribution in [2.75, 3.05) is 0 Å². The van der Waals surface area contributed by atoms with Crippen molar-refractivity contribution in [1.82, 2.24) is 19.5 Å². The molecular weight excluding hydrogens is 533 g/mol. The zero-order valence-corrected chi connectivity index (χ0v) is 22.9. The summed E-state index contributed by atoms with van der Waals surface area (Å²) in [6.45, 7) is 3.72. The molecule has 3 heterocycles. The summed E-state index contributed by atoms with van der Waals surface area (Å²) in [7, 11) is -4.44. The van der Waals surface area contributed by atoms with Gasteiger partial charge in [-0.1, -0.05) is 25.5 Å². The maximum Gasteiger partial charge on any atom is 0.276 e. The molecule has 0 unspecified atom stereocenters. The second-order valence-corrected chi connectivity index (χ2v) is 11.2. The highest BCUT2D eigenvalue weighted by atomic mass is 32.2. The van der Waals surface area contributed by atoms with E-state index in [4.69, 9.17) is 5.26 Å². The lowest BCUT2D eigenvalue weighted by molar-refractivity contribution is 0.415. The largest absolute Gasteiger partial charge is 0.492 e. The summed E-state index contributed by atoms with van der Waals surface area (Å²) in [5.74, 6) is -1.15. The minimum atomic E-state index is -4.44. The molecule has 206 valence electrons. The number of nitriles is 1. The summed E-state index contributed by atoms with van der Waals surface area (Å²) >= 11 is 0. The number of aromatic nitrogens is 4. The molecule has 1 aromatic carbocycles. The zero-order chi connectivity index (χ0) is 28.9. The lowest BCUT2D eigenvalue weighted by Crippen LogP contribution is -2.30. The highest BCUT2D eigenvalue weighted by molar-refractivity contribution is 7.91. The van der Waals surface area contributed by atoms with Crippen LogP contribution in [0.5, 0.6) is 5.88 Å².